The van der Waals surface area contributed by atoms with E-state index in [9.17, 15) is 18.8 Å². The molecule has 4 rings (SSSR count). The Morgan fingerprint density at radius 3 is 2.31 bits per heavy atom. The predicted octanol–water partition coefficient (Wildman–Crippen LogP) is 4.52. The van der Waals surface area contributed by atoms with E-state index < -0.39 is 35.4 Å². The summed E-state index contributed by atoms with van der Waals surface area (Å²) in [5.41, 5.74) is 0.452. The zero-order valence-electron chi connectivity index (χ0n) is 15.6. The highest BCUT2D eigenvalue weighted by Crippen LogP contribution is 2.41. The van der Waals surface area contributed by atoms with Gasteiger partial charge in [-0.2, -0.15) is 0 Å². The first-order valence-corrected chi connectivity index (χ1v) is 9.93. The van der Waals surface area contributed by atoms with E-state index in [0.717, 1.165) is 35.4 Å². The molecule has 2 aliphatic rings. The van der Waals surface area contributed by atoms with Crippen LogP contribution in [-0.2, 0) is 20.9 Å². The highest BCUT2D eigenvalue weighted by Gasteiger charge is 2.49. The summed E-state index contributed by atoms with van der Waals surface area (Å²) in [6, 6.07) is 11.2. The van der Waals surface area contributed by atoms with Gasteiger partial charge in [-0.05, 0) is 30.5 Å². The normalized spacial score (nSPS) is 21.2. The van der Waals surface area contributed by atoms with Crippen molar-refractivity contribution in [2.24, 2.45) is 11.8 Å². The van der Waals surface area contributed by atoms with Crippen molar-refractivity contribution in [3.63, 3.8) is 0 Å². The molecule has 2 amide bonds. The van der Waals surface area contributed by atoms with Gasteiger partial charge in [0.2, 0.25) is 11.8 Å². The van der Waals surface area contributed by atoms with Gasteiger partial charge in [-0.3, -0.25) is 9.59 Å². The number of hydrogen-bond acceptors (Lipinski definition) is 4. The molecule has 2 aromatic rings. The molecular formula is C22H19ClFNO4. The van der Waals surface area contributed by atoms with Crippen LogP contribution in [0.25, 0.3) is 0 Å². The van der Waals surface area contributed by atoms with Crippen molar-refractivity contribution < 1.29 is 23.5 Å². The number of amides is 2. The number of carbonyl (C=O) groups excluding carboxylic acids is 3. The topological polar surface area (TPSA) is 63.7 Å². The van der Waals surface area contributed by atoms with E-state index in [2.05, 4.69) is 0 Å². The van der Waals surface area contributed by atoms with E-state index in [1.165, 1.54) is 0 Å². The van der Waals surface area contributed by atoms with Crippen molar-refractivity contribution >= 4 is 35.1 Å². The van der Waals surface area contributed by atoms with E-state index in [1.807, 2.05) is 18.2 Å². The molecule has 1 saturated heterocycles. The van der Waals surface area contributed by atoms with Gasteiger partial charge < -0.3 is 4.74 Å². The van der Waals surface area contributed by atoms with Crippen LogP contribution in [0.1, 0.15) is 41.6 Å². The number of esters is 1. The second kappa shape index (κ2) is 7.95. The van der Waals surface area contributed by atoms with Gasteiger partial charge in [0, 0.05) is 0 Å². The zero-order chi connectivity index (χ0) is 20.5. The van der Waals surface area contributed by atoms with Crippen molar-refractivity contribution in [1.29, 1.82) is 0 Å². The van der Waals surface area contributed by atoms with E-state index in [0.29, 0.717) is 12.8 Å². The van der Waals surface area contributed by atoms with Crippen LogP contribution in [0.5, 0.6) is 0 Å². The summed E-state index contributed by atoms with van der Waals surface area (Å²) in [7, 11) is 0. The second-order valence-electron chi connectivity index (χ2n) is 7.35. The van der Waals surface area contributed by atoms with Crippen LogP contribution in [0, 0.1) is 17.7 Å². The number of benzene rings is 2. The summed E-state index contributed by atoms with van der Waals surface area (Å²) in [6.07, 6.45) is 2.97. The minimum atomic E-state index is -0.824. The minimum absolute atomic E-state index is 0.0223. The van der Waals surface area contributed by atoms with Gasteiger partial charge in [0.05, 0.1) is 28.1 Å². The third kappa shape index (κ3) is 3.65. The van der Waals surface area contributed by atoms with E-state index >= 15 is 0 Å². The van der Waals surface area contributed by atoms with Crippen LogP contribution in [-0.4, -0.2) is 17.8 Å². The Morgan fingerprint density at radius 2 is 1.69 bits per heavy atom. The van der Waals surface area contributed by atoms with Crippen LogP contribution in [0.3, 0.4) is 0 Å². The van der Waals surface area contributed by atoms with Crippen molar-refractivity contribution in [2.75, 3.05) is 4.90 Å². The standard InChI is InChI=1S/C22H19ClFNO4/c23-17-11-18(24)19(25-20(26)14-8-4-5-9-15(14)21(25)27)10-16(17)22(28)29-12-13-6-2-1-3-7-13/h1-3,6-7,10-11,14-15H,4-5,8-9,12H2. The summed E-state index contributed by atoms with van der Waals surface area (Å²) < 4.78 is 19.9. The van der Waals surface area contributed by atoms with Gasteiger partial charge >= 0.3 is 5.97 Å². The largest absolute Gasteiger partial charge is 0.457 e. The van der Waals surface area contributed by atoms with E-state index in [1.54, 1.807) is 12.1 Å². The van der Waals surface area contributed by atoms with E-state index in [4.69, 9.17) is 16.3 Å². The lowest BCUT2D eigenvalue weighted by Gasteiger charge is -2.19. The summed E-state index contributed by atoms with van der Waals surface area (Å²) in [4.78, 5) is 38.9. The first-order chi connectivity index (χ1) is 14.0. The average Bonchev–Trinajstić information content (AvgIpc) is 2.98. The Bertz CT molecular complexity index is 954. The molecule has 0 aromatic heterocycles. The SMILES string of the molecule is O=C(OCc1ccccc1)c1cc(N2C(=O)C3CCCCC3C2=O)c(F)cc1Cl. The lowest BCUT2D eigenvalue weighted by molar-refractivity contribution is -0.122. The maximum atomic E-state index is 14.6. The smallest absolute Gasteiger partial charge is 0.340 e. The summed E-state index contributed by atoms with van der Waals surface area (Å²) in [6.45, 7) is 0.0223. The Kier molecular flexibility index (Phi) is 5.37. The van der Waals surface area contributed by atoms with Crippen molar-refractivity contribution in [3.05, 3.63) is 64.4 Å². The molecule has 0 spiro atoms. The second-order valence-corrected chi connectivity index (χ2v) is 7.76. The number of carbonyl (C=O) groups is 3. The number of nitrogens with zero attached hydrogens (tertiary/aromatic N) is 1. The Balaban J connectivity index is 1.61. The molecule has 5 nitrogen and oxygen atoms in total. The molecule has 29 heavy (non-hydrogen) atoms. The van der Waals surface area contributed by atoms with Crippen molar-refractivity contribution in [1.82, 2.24) is 0 Å². The molecule has 150 valence electrons. The molecule has 1 heterocycles. The third-order valence-electron chi connectivity index (χ3n) is 5.55. The summed E-state index contributed by atoms with van der Waals surface area (Å²) >= 11 is 6.05. The van der Waals surface area contributed by atoms with Crippen LogP contribution in [0.15, 0.2) is 42.5 Å². The molecule has 2 atom stereocenters. The first-order valence-electron chi connectivity index (χ1n) is 9.55. The lowest BCUT2D eigenvalue weighted by Crippen LogP contribution is -2.32. The zero-order valence-corrected chi connectivity index (χ0v) is 16.3. The molecule has 0 radical (unpaired) electrons. The quantitative estimate of drug-likeness (QED) is 0.544. The first kappa shape index (κ1) is 19.6. The number of imide groups is 1. The van der Waals surface area contributed by atoms with Gasteiger partial charge in [-0.25, -0.2) is 14.1 Å². The van der Waals surface area contributed by atoms with Gasteiger partial charge in [-0.1, -0.05) is 54.8 Å². The van der Waals surface area contributed by atoms with Crippen molar-refractivity contribution in [2.45, 2.75) is 32.3 Å². The number of ether oxygens (including phenoxy) is 1. The predicted molar refractivity (Wildman–Crippen MR) is 105 cm³/mol. The molecule has 1 aliphatic heterocycles. The fraction of sp³-hybridized carbons (Fsp3) is 0.318. The minimum Gasteiger partial charge on any atom is -0.457 e. The number of rotatable bonds is 4. The van der Waals surface area contributed by atoms with Gasteiger partial charge in [0.25, 0.3) is 0 Å². The molecular weight excluding hydrogens is 397 g/mol. The van der Waals surface area contributed by atoms with Gasteiger partial charge in [-0.15, -0.1) is 0 Å². The van der Waals surface area contributed by atoms with Crippen LogP contribution >= 0.6 is 11.6 Å². The maximum absolute atomic E-state index is 14.6. The fourth-order valence-electron chi connectivity index (χ4n) is 4.07. The monoisotopic (exact) mass is 415 g/mol. The van der Waals surface area contributed by atoms with Crippen LogP contribution in [0.4, 0.5) is 10.1 Å². The van der Waals surface area contributed by atoms with E-state index in [-0.39, 0.29) is 22.9 Å². The molecule has 1 aliphatic carbocycles. The molecule has 0 N–H and O–H groups in total. The average molecular weight is 416 g/mol. The highest BCUT2D eigenvalue weighted by molar-refractivity contribution is 6.34. The Morgan fingerprint density at radius 1 is 1.07 bits per heavy atom. The Labute approximate surface area is 172 Å². The molecule has 0 bridgehead atoms. The molecule has 7 heteroatoms. The fourth-order valence-corrected chi connectivity index (χ4v) is 4.29. The Hall–Kier alpha value is -2.73. The maximum Gasteiger partial charge on any atom is 0.340 e. The lowest BCUT2D eigenvalue weighted by atomic mass is 9.81. The molecule has 2 aromatic carbocycles. The third-order valence-corrected chi connectivity index (χ3v) is 5.86. The number of hydrogen-bond donors (Lipinski definition) is 0. The number of anilines is 1. The van der Waals surface area contributed by atoms with Crippen LogP contribution < -0.4 is 4.90 Å². The van der Waals surface area contributed by atoms with Gasteiger partial charge in [0.1, 0.15) is 12.4 Å². The number of fused-ring (bicyclic) bond motifs is 1. The molecule has 2 fully saturated rings. The highest BCUT2D eigenvalue weighted by atomic mass is 35.5. The number of halogens is 2. The summed E-state index contributed by atoms with van der Waals surface area (Å²) in [5, 5.41) is -0.138. The summed E-state index contributed by atoms with van der Waals surface area (Å²) in [5.74, 6) is -3.24. The van der Waals surface area contributed by atoms with Crippen molar-refractivity contribution in [3.8, 4) is 0 Å². The van der Waals surface area contributed by atoms with Crippen LogP contribution in [0.2, 0.25) is 5.02 Å². The molecule has 2 unspecified atom stereocenters. The van der Waals surface area contributed by atoms with Gasteiger partial charge in [0.15, 0.2) is 0 Å². The molecule has 1 saturated carbocycles.